The smallest absolute Gasteiger partial charge is 0.0992 e. The van der Waals surface area contributed by atoms with Gasteiger partial charge in [-0.2, -0.15) is 5.26 Å². The van der Waals surface area contributed by atoms with E-state index in [0.717, 1.165) is 38.5 Å². The predicted molar refractivity (Wildman–Crippen MR) is 75.9 cm³/mol. The Morgan fingerprint density at radius 3 is 2.89 bits per heavy atom. The van der Waals surface area contributed by atoms with Gasteiger partial charge in [0.15, 0.2) is 0 Å². The summed E-state index contributed by atoms with van der Waals surface area (Å²) >= 11 is 0. The van der Waals surface area contributed by atoms with Crippen molar-refractivity contribution in [2.75, 3.05) is 43.9 Å². The maximum Gasteiger partial charge on any atom is 0.0992 e. The largest absolute Gasteiger partial charge is 0.397 e. The fourth-order valence-electron chi connectivity index (χ4n) is 2.23. The van der Waals surface area contributed by atoms with Gasteiger partial charge in [-0.05, 0) is 25.1 Å². The van der Waals surface area contributed by atoms with Crippen molar-refractivity contribution >= 4 is 11.4 Å². The molecule has 1 aliphatic rings. The molecule has 0 radical (unpaired) electrons. The van der Waals surface area contributed by atoms with Crippen molar-refractivity contribution in [3.8, 4) is 6.07 Å². The molecule has 1 aliphatic heterocycles. The highest BCUT2D eigenvalue weighted by molar-refractivity contribution is 5.68. The Bertz CT molecular complexity index is 463. The van der Waals surface area contributed by atoms with Crippen molar-refractivity contribution in [2.24, 2.45) is 0 Å². The van der Waals surface area contributed by atoms with E-state index in [4.69, 9.17) is 15.7 Å². The number of hydrogen-bond acceptors (Lipinski definition) is 5. The van der Waals surface area contributed by atoms with Gasteiger partial charge in [0.25, 0.3) is 0 Å². The first-order valence-corrected chi connectivity index (χ1v) is 6.55. The molecule has 1 heterocycles. The molecule has 3 N–H and O–H groups in total. The van der Waals surface area contributed by atoms with Gasteiger partial charge in [0, 0.05) is 25.7 Å². The van der Waals surface area contributed by atoms with E-state index in [-0.39, 0.29) is 6.04 Å². The lowest BCUT2D eigenvalue weighted by atomic mass is 10.1. The molecular formula is C14H20N4O. The zero-order chi connectivity index (χ0) is 13.7. The number of anilines is 2. The molecule has 5 heteroatoms. The minimum atomic E-state index is 0.273. The highest BCUT2D eigenvalue weighted by Gasteiger charge is 2.14. The number of rotatable bonds is 4. The van der Waals surface area contributed by atoms with Gasteiger partial charge in [-0.25, -0.2) is 0 Å². The second-order valence-corrected chi connectivity index (χ2v) is 4.87. The number of hydrogen-bond donors (Lipinski definition) is 2. The highest BCUT2D eigenvalue weighted by atomic mass is 16.5. The quantitative estimate of drug-likeness (QED) is 0.798. The lowest BCUT2D eigenvalue weighted by molar-refractivity contribution is 0.0368. The molecule has 1 unspecified atom stereocenters. The molecule has 0 spiro atoms. The van der Waals surface area contributed by atoms with E-state index in [9.17, 15) is 0 Å². The average Bonchev–Trinajstić information content (AvgIpc) is 2.42. The molecule has 0 saturated carbocycles. The Balaban J connectivity index is 1.94. The van der Waals surface area contributed by atoms with Crippen molar-refractivity contribution < 1.29 is 4.74 Å². The van der Waals surface area contributed by atoms with Crippen molar-refractivity contribution in [3.05, 3.63) is 23.8 Å². The summed E-state index contributed by atoms with van der Waals surface area (Å²) < 4.78 is 5.33. The molecule has 1 atom stereocenters. The van der Waals surface area contributed by atoms with Gasteiger partial charge in [-0.15, -0.1) is 0 Å². The van der Waals surface area contributed by atoms with Crippen LogP contribution in [0.15, 0.2) is 18.2 Å². The molecule has 0 amide bonds. The number of nitrogen functional groups attached to an aromatic ring is 1. The molecule has 19 heavy (non-hydrogen) atoms. The Morgan fingerprint density at radius 1 is 1.47 bits per heavy atom. The van der Waals surface area contributed by atoms with Crippen LogP contribution in [0.1, 0.15) is 12.5 Å². The van der Waals surface area contributed by atoms with E-state index >= 15 is 0 Å². The van der Waals surface area contributed by atoms with Crippen LogP contribution in [-0.2, 0) is 4.74 Å². The van der Waals surface area contributed by atoms with Gasteiger partial charge in [0.05, 0.1) is 36.2 Å². The molecule has 1 aromatic carbocycles. The molecule has 0 bridgehead atoms. The first-order valence-electron chi connectivity index (χ1n) is 6.55. The minimum absolute atomic E-state index is 0.273. The average molecular weight is 260 g/mol. The first kappa shape index (κ1) is 13.7. The number of nitrogens with one attached hydrogen (secondary N) is 1. The van der Waals surface area contributed by atoms with Crippen molar-refractivity contribution in [1.82, 2.24) is 4.90 Å². The van der Waals surface area contributed by atoms with Gasteiger partial charge in [-0.3, -0.25) is 4.90 Å². The molecule has 2 rings (SSSR count). The maximum absolute atomic E-state index is 8.91. The van der Waals surface area contributed by atoms with Crippen molar-refractivity contribution in [3.63, 3.8) is 0 Å². The van der Waals surface area contributed by atoms with Crippen LogP contribution in [0.5, 0.6) is 0 Å². The van der Waals surface area contributed by atoms with E-state index in [1.165, 1.54) is 0 Å². The third-order valence-corrected chi connectivity index (χ3v) is 3.22. The Kier molecular flexibility index (Phi) is 4.61. The zero-order valence-corrected chi connectivity index (χ0v) is 11.2. The van der Waals surface area contributed by atoms with E-state index in [1.54, 1.807) is 18.2 Å². The third kappa shape index (κ3) is 3.85. The summed E-state index contributed by atoms with van der Waals surface area (Å²) in [6.45, 7) is 6.62. The number of ether oxygens (including phenoxy) is 1. The van der Waals surface area contributed by atoms with E-state index in [0.29, 0.717) is 11.3 Å². The first-order chi connectivity index (χ1) is 9.19. The fraction of sp³-hybridized carbons (Fsp3) is 0.500. The lowest BCUT2D eigenvalue weighted by Crippen LogP contribution is -2.42. The van der Waals surface area contributed by atoms with Crippen LogP contribution >= 0.6 is 0 Å². The van der Waals surface area contributed by atoms with Crippen LogP contribution in [-0.4, -0.2) is 43.8 Å². The Labute approximate surface area is 114 Å². The van der Waals surface area contributed by atoms with Crippen LogP contribution in [0.25, 0.3) is 0 Å². The fourth-order valence-corrected chi connectivity index (χ4v) is 2.23. The highest BCUT2D eigenvalue weighted by Crippen LogP contribution is 2.20. The van der Waals surface area contributed by atoms with Gasteiger partial charge >= 0.3 is 0 Å². The second kappa shape index (κ2) is 6.41. The monoisotopic (exact) mass is 260 g/mol. The van der Waals surface area contributed by atoms with E-state index in [2.05, 4.69) is 23.2 Å². The number of morpholine rings is 1. The van der Waals surface area contributed by atoms with Gasteiger partial charge < -0.3 is 15.8 Å². The molecule has 1 saturated heterocycles. The Morgan fingerprint density at radius 2 is 2.21 bits per heavy atom. The molecule has 0 aliphatic carbocycles. The van der Waals surface area contributed by atoms with Crippen LogP contribution < -0.4 is 11.1 Å². The molecule has 1 fully saturated rings. The number of nitriles is 1. The summed E-state index contributed by atoms with van der Waals surface area (Å²) in [6, 6.07) is 7.69. The van der Waals surface area contributed by atoms with Gasteiger partial charge in [-0.1, -0.05) is 0 Å². The second-order valence-electron chi connectivity index (χ2n) is 4.87. The van der Waals surface area contributed by atoms with Gasteiger partial charge in [0.2, 0.25) is 0 Å². The zero-order valence-electron chi connectivity index (χ0n) is 11.2. The Hall–Kier alpha value is -1.77. The summed E-state index contributed by atoms with van der Waals surface area (Å²) in [5.74, 6) is 0. The minimum Gasteiger partial charge on any atom is -0.397 e. The topological polar surface area (TPSA) is 74.3 Å². The summed E-state index contributed by atoms with van der Waals surface area (Å²) in [6.07, 6.45) is 0. The van der Waals surface area contributed by atoms with Crippen molar-refractivity contribution in [2.45, 2.75) is 13.0 Å². The molecule has 1 aromatic rings. The maximum atomic E-state index is 8.91. The summed E-state index contributed by atoms with van der Waals surface area (Å²) in [7, 11) is 0. The predicted octanol–water partition coefficient (Wildman–Crippen LogP) is 1.27. The van der Waals surface area contributed by atoms with Crippen LogP contribution in [0, 0.1) is 11.3 Å². The van der Waals surface area contributed by atoms with Crippen LogP contribution in [0.3, 0.4) is 0 Å². The third-order valence-electron chi connectivity index (χ3n) is 3.22. The van der Waals surface area contributed by atoms with E-state index < -0.39 is 0 Å². The molecular weight excluding hydrogens is 240 g/mol. The number of nitrogens with zero attached hydrogens (tertiary/aromatic N) is 2. The SMILES string of the molecule is CC(CN1CCOCC1)Nc1cc(C#N)ccc1N. The standard InChI is InChI=1S/C14H20N4O/c1-11(10-18-4-6-19-7-5-18)17-14-8-12(9-15)2-3-13(14)16/h2-3,8,11,17H,4-7,10,16H2,1H3. The molecule has 0 aromatic heterocycles. The van der Waals surface area contributed by atoms with Crippen LogP contribution in [0.2, 0.25) is 0 Å². The lowest BCUT2D eigenvalue weighted by Gasteiger charge is -2.30. The summed E-state index contributed by atoms with van der Waals surface area (Å²) in [5.41, 5.74) is 8.05. The molecule has 102 valence electrons. The van der Waals surface area contributed by atoms with Crippen LogP contribution in [0.4, 0.5) is 11.4 Å². The van der Waals surface area contributed by atoms with Crippen molar-refractivity contribution in [1.29, 1.82) is 5.26 Å². The summed E-state index contributed by atoms with van der Waals surface area (Å²) in [4.78, 5) is 2.37. The number of nitrogens with two attached hydrogens (primary N) is 1. The molecule has 5 nitrogen and oxygen atoms in total. The normalized spacial score (nSPS) is 17.7. The number of benzene rings is 1. The van der Waals surface area contributed by atoms with E-state index in [1.807, 2.05) is 0 Å². The summed E-state index contributed by atoms with van der Waals surface area (Å²) in [5, 5.41) is 12.3. The van der Waals surface area contributed by atoms with Gasteiger partial charge in [0.1, 0.15) is 0 Å².